The molecule has 3 heterocycles. The van der Waals surface area contributed by atoms with Crippen LogP contribution in [0, 0.1) is 0 Å². The third-order valence-corrected chi connectivity index (χ3v) is 5.79. The molecule has 13 heteroatoms. The molecule has 0 atom stereocenters. The Bertz CT molecular complexity index is 987. The summed E-state index contributed by atoms with van der Waals surface area (Å²) in [5.74, 6) is -2.99. The van der Waals surface area contributed by atoms with Crippen LogP contribution in [0.1, 0.15) is 17.2 Å². The first-order valence-corrected chi connectivity index (χ1v) is 10.1. The van der Waals surface area contributed by atoms with Gasteiger partial charge in [-0.1, -0.05) is 23.4 Å². The number of hydrogen-bond donors (Lipinski definition) is 1. The lowest BCUT2D eigenvalue weighted by Gasteiger charge is -2.22. The summed E-state index contributed by atoms with van der Waals surface area (Å²) in [7, 11) is 0. The number of pyridine rings is 1. The van der Waals surface area contributed by atoms with Gasteiger partial charge in [-0.25, -0.2) is 9.97 Å². The number of aromatic nitrogens is 3. The van der Waals surface area contributed by atoms with Crippen LogP contribution < -0.4 is 5.73 Å². The molecule has 0 saturated carbocycles. The Morgan fingerprint density at radius 3 is 2.41 bits per heavy atom. The molecule has 0 saturated heterocycles. The van der Waals surface area contributed by atoms with Crippen LogP contribution in [0.25, 0.3) is 10.1 Å². The maximum Gasteiger partial charge on any atom is 0.404 e. The number of anilines is 1. The molecular formula is C16H11ClF6N4S2. The molecule has 0 aliphatic rings. The van der Waals surface area contributed by atoms with Crippen LogP contribution in [0.15, 0.2) is 28.9 Å². The third-order valence-electron chi connectivity index (χ3n) is 3.80. The van der Waals surface area contributed by atoms with Crippen LogP contribution in [-0.4, -0.2) is 33.1 Å². The van der Waals surface area contributed by atoms with Crippen molar-refractivity contribution in [2.24, 2.45) is 0 Å². The Morgan fingerprint density at radius 2 is 1.79 bits per heavy atom. The lowest BCUT2D eigenvalue weighted by atomic mass is 9.97. The third kappa shape index (κ3) is 5.23. The normalized spacial score (nSPS) is 12.8. The zero-order valence-corrected chi connectivity index (χ0v) is 16.6. The molecule has 0 amide bonds. The van der Waals surface area contributed by atoms with Crippen molar-refractivity contribution < 1.29 is 26.3 Å². The molecule has 3 aromatic heterocycles. The van der Waals surface area contributed by atoms with E-state index >= 15 is 0 Å². The zero-order valence-electron chi connectivity index (χ0n) is 14.2. The van der Waals surface area contributed by atoms with Crippen molar-refractivity contribution in [1.82, 2.24) is 15.0 Å². The Balaban J connectivity index is 1.83. The van der Waals surface area contributed by atoms with Crippen molar-refractivity contribution >= 4 is 50.6 Å². The fourth-order valence-corrected chi connectivity index (χ4v) is 4.62. The molecule has 0 unspecified atom stereocenters. The van der Waals surface area contributed by atoms with Crippen LogP contribution in [0.5, 0.6) is 0 Å². The van der Waals surface area contributed by atoms with Crippen molar-refractivity contribution in [2.45, 2.75) is 29.8 Å². The minimum atomic E-state index is -5.45. The molecule has 3 aromatic rings. The Labute approximate surface area is 173 Å². The van der Waals surface area contributed by atoms with Gasteiger partial charge in [0, 0.05) is 23.7 Å². The lowest BCUT2D eigenvalue weighted by Crippen LogP contribution is -2.33. The number of nitrogens with zero attached hydrogens (tertiary/aromatic N) is 3. The number of halogens is 7. The van der Waals surface area contributed by atoms with Gasteiger partial charge in [-0.3, -0.25) is 4.98 Å². The number of hydrogen-bond acceptors (Lipinski definition) is 6. The summed E-state index contributed by atoms with van der Waals surface area (Å²) in [6.45, 7) is 0. The molecule has 0 bridgehead atoms. The molecule has 0 aromatic carbocycles. The number of thioether (sulfide) groups is 1. The fraction of sp³-hybridized carbons (Fsp3) is 0.312. The minimum absolute atomic E-state index is 0.104. The highest BCUT2D eigenvalue weighted by Gasteiger charge is 2.58. The first kappa shape index (κ1) is 21.9. The van der Waals surface area contributed by atoms with Crippen LogP contribution in [-0.2, 0) is 6.42 Å². The smallest absolute Gasteiger partial charge is 0.384 e. The Hall–Kier alpha value is -1.79. The highest BCUT2D eigenvalue weighted by molar-refractivity contribution is 7.99. The van der Waals surface area contributed by atoms with Gasteiger partial charge < -0.3 is 5.73 Å². The molecule has 0 radical (unpaired) electrons. The van der Waals surface area contributed by atoms with Crippen LogP contribution >= 0.6 is 34.7 Å². The number of aryl methyl sites for hydroxylation is 1. The first-order chi connectivity index (χ1) is 13.4. The highest BCUT2D eigenvalue weighted by atomic mass is 35.5. The van der Waals surface area contributed by atoms with E-state index in [2.05, 4.69) is 15.0 Å². The molecule has 2 N–H and O–H groups in total. The zero-order chi connectivity index (χ0) is 21.4. The molecule has 0 aliphatic heterocycles. The van der Waals surface area contributed by atoms with Gasteiger partial charge in [-0.2, -0.15) is 26.3 Å². The van der Waals surface area contributed by atoms with E-state index in [1.165, 1.54) is 30.1 Å². The molecule has 0 fully saturated rings. The molecule has 3 rings (SSSR count). The second kappa shape index (κ2) is 8.15. The second-order valence-corrected chi connectivity index (χ2v) is 8.24. The number of nitrogens with two attached hydrogens (primary N) is 1. The van der Waals surface area contributed by atoms with Gasteiger partial charge in [0.1, 0.15) is 11.0 Å². The van der Waals surface area contributed by atoms with Crippen molar-refractivity contribution in [1.29, 1.82) is 0 Å². The summed E-state index contributed by atoms with van der Waals surface area (Å²) in [6, 6.07) is 2.64. The number of alkyl halides is 6. The van der Waals surface area contributed by atoms with E-state index in [4.69, 9.17) is 17.3 Å². The number of fused-ring (bicyclic) bond motifs is 1. The van der Waals surface area contributed by atoms with Crippen LogP contribution in [0.4, 0.5) is 32.2 Å². The average Bonchev–Trinajstić information content (AvgIpc) is 2.94. The van der Waals surface area contributed by atoms with E-state index in [1.807, 2.05) is 0 Å². The quantitative estimate of drug-likeness (QED) is 0.218. The van der Waals surface area contributed by atoms with Gasteiger partial charge in [0.05, 0.1) is 4.70 Å². The summed E-state index contributed by atoms with van der Waals surface area (Å²) in [6.07, 6.45) is -9.35. The van der Waals surface area contributed by atoms with E-state index in [0.717, 1.165) is 16.7 Å². The Morgan fingerprint density at radius 1 is 1.10 bits per heavy atom. The molecule has 0 spiro atoms. The predicted octanol–water partition coefficient (Wildman–Crippen LogP) is 5.86. The molecule has 4 nitrogen and oxygen atoms in total. The van der Waals surface area contributed by atoms with Gasteiger partial charge in [-0.15, -0.1) is 11.3 Å². The first-order valence-electron chi connectivity index (χ1n) is 7.87. The van der Waals surface area contributed by atoms with Crippen molar-refractivity contribution in [3.63, 3.8) is 0 Å². The largest absolute Gasteiger partial charge is 0.404 e. The predicted molar refractivity (Wildman–Crippen MR) is 100 cm³/mol. The number of nitrogen functional groups attached to an aromatic ring is 1. The van der Waals surface area contributed by atoms with Crippen LogP contribution in [0.3, 0.4) is 0 Å². The van der Waals surface area contributed by atoms with Gasteiger partial charge in [0.25, 0.3) is 0 Å². The standard InChI is InChI=1S/C16H11ClF6N4S2/c17-11-4-12(24)27-14(26-11)28-2-1-7-3-8-9(6-29-10(8)5-25-7)13(15(18,19)20)16(21,22)23/h3-6,13H,1-2H2,(H2,24,26,27). The fourth-order valence-electron chi connectivity index (χ4n) is 2.62. The SMILES string of the molecule is Nc1cc(Cl)nc(SCCc2cc3c(C(C(F)(F)F)C(F)(F)F)csc3cn2)n1. The van der Waals surface area contributed by atoms with E-state index in [1.54, 1.807) is 0 Å². The highest BCUT2D eigenvalue weighted by Crippen LogP contribution is 2.49. The second-order valence-electron chi connectivity index (χ2n) is 5.88. The van der Waals surface area contributed by atoms with E-state index in [9.17, 15) is 26.3 Å². The molecule has 0 aliphatic carbocycles. The monoisotopic (exact) mass is 472 g/mol. The minimum Gasteiger partial charge on any atom is -0.384 e. The van der Waals surface area contributed by atoms with Crippen LogP contribution in [0.2, 0.25) is 5.15 Å². The Kier molecular flexibility index (Phi) is 6.16. The molecular weight excluding hydrogens is 462 g/mol. The maximum atomic E-state index is 13.1. The van der Waals surface area contributed by atoms with Crippen molar-refractivity contribution in [3.05, 3.63) is 40.1 Å². The van der Waals surface area contributed by atoms with Gasteiger partial charge in [0.2, 0.25) is 0 Å². The lowest BCUT2D eigenvalue weighted by molar-refractivity contribution is -0.253. The van der Waals surface area contributed by atoms with Gasteiger partial charge in [-0.05, 0) is 28.8 Å². The summed E-state index contributed by atoms with van der Waals surface area (Å²) >= 11 is 7.76. The average molecular weight is 473 g/mol. The van der Waals surface area contributed by atoms with E-state index < -0.39 is 23.8 Å². The summed E-state index contributed by atoms with van der Waals surface area (Å²) in [5.41, 5.74) is 5.10. The number of rotatable bonds is 5. The molecule has 156 valence electrons. The molecule has 29 heavy (non-hydrogen) atoms. The van der Waals surface area contributed by atoms with Crippen molar-refractivity contribution in [3.8, 4) is 0 Å². The van der Waals surface area contributed by atoms with Crippen molar-refractivity contribution in [2.75, 3.05) is 11.5 Å². The van der Waals surface area contributed by atoms with E-state index in [-0.39, 0.29) is 27.5 Å². The van der Waals surface area contributed by atoms with Gasteiger partial charge >= 0.3 is 12.4 Å². The van der Waals surface area contributed by atoms with Gasteiger partial charge in [0.15, 0.2) is 11.1 Å². The maximum absolute atomic E-state index is 13.1. The van der Waals surface area contributed by atoms with E-state index in [0.29, 0.717) is 16.6 Å². The number of thiophene rings is 1. The topological polar surface area (TPSA) is 64.7 Å². The summed E-state index contributed by atoms with van der Waals surface area (Å²) in [5, 5.41) is 1.25. The summed E-state index contributed by atoms with van der Waals surface area (Å²) in [4.78, 5) is 12.1. The summed E-state index contributed by atoms with van der Waals surface area (Å²) < 4.78 is 78.8.